The Kier molecular flexibility index (Phi) is 2.91. The maximum absolute atomic E-state index is 4.45. The normalized spacial score (nSPS) is 10.8. The maximum Gasteiger partial charge on any atom is 0.137 e. The van der Waals surface area contributed by atoms with Gasteiger partial charge in [0.15, 0.2) is 0 Å². The van der Waals surface area contributed by atoms with Gasteiger partial charge in [-0.25, -0.2) is 4.98 Å². The van der Waals surface area contributed by atoms with E-state index in [-0.39, 0.29) is 0 Å². The number of pyridine rings is 2. The number of hydrogen-bond acceptors (Lipinski definition) is 3. The summed E-state index contributed by atoms with van der Waals surface area (Å²) in [5.74, 6) is 0. The van der Waals surface area contributed by atoms with Gasteiger partial charge in [0.25, 0.3) is 0 Å². The highest BCUT2D eigenvalue weighted by Gasteiger charge is 2.05. The van der Waals surface area contributed by atoms with Crippen molar-refractivity contribution < 1.29 is 0 Å². The molecule has 0 aliphatic rings. The van der Waals surface area contributed by atoms with Crippen molar-refractivity contribution in [3.63, 3.8) is 0 Å². The third-order valence-electron chi connectivity index (χ3n) is 3.23. The van der Waals surface area contributed by atoms with Gasteiger partial charge in [-0.1, -0.05) is 0 Å². The van der Waals surface area contributed by atoms with Crippen molar-refractivity contribution in [2.24, 2.45) is 0 Å². The van der Waals surface area contributed by atoms with Crippen LogP contribution in [-0.2, 0) is 6.54 Å². The van der Waals surface area contributed by atoms with Gasteiger partial charge in [0.1, 0.15) is 5.65 Å². The van der Waals surface area contributed by atoms with Crippen molar-refractivity contribution >= 4 is 16.7 Å². The van der Waals surface area contributed by atoms with E-state index < -0.39 is 0 Å². The lowest BCUT2D eigenvalue weighted by molar-refractivity contribution is 1.08. The van der Waals surface area contributed by atoms with Crippen LogP contribution in [0.25, 0.3) is 11.0 Å². The van der Waals surface area contributed by atoms with Gasteiger partial charge in [0.2, 0.25) is 0 Å². The van der Waals surface area contributed by atoms with Gasteiger partial charge in [0, 0.05) is 30.0 Å². The Labute approximate surface area is 111 Å². The summed E-state index contributed by atoms with van der Waals surface area (Å²) in [6, 6.07) is 8.13. The molecule has 0 saturated heterocycles. The first-order valence-electron chi connectivity index (χ1n) is 6.33. The molecular formula is C15H16N4. The number of nitrogens with zero attached hydrogens (tertiary/aromatic N) is 2. The quantitative estimate of drug-likeness (QED) is 0.752. The lowest BCUT2D eigenvalue weighted by Gasteiger charge is -2.08. The van der Waals surface area contributed by atoms with E-state index in [1.807, 2.05) is 32.2 Å². The number of anilines is 1. The standard InChI is InChI=1S/C15H16N4/c1-10-5-6-14(11(2)19-10)17-8-12-9-18-15-13(12)4-3-7-16-15/h3-7,9,17H,8H2,1-2H3,(H,16,18). The molecule has 0 amide bonds. The van der Waals surface area contributed by atoms with E-state index in [1.165, 1.54) is 5.56 Å². The molecule has 0 atom stereocenters. The van der Waals surface area contributed by atoms with Crippen LogP contribution < -0.4 is 5.32 Å². The zero-order chi connectivity index (χ0) is 13.2. The summed E-state index contributed by atoms with van der Waals surface area (Å²) in [5.41, 5.74) is 5.28. The zero-order valence-corrected chi connectivity index (χ0v) is 11.1. The average molecular weight is 252 g/mol. The molecule has 0 bridgehead atoms. The summed E-state index contributed by atoms with van der Waals surface area (Å²) in [5, 5.41) is 4.58. The van der Waals surface area contributed by atoms with Crippen molar-refractivity contribution in [2.45, 2.75) is 20.4 Å². The van der Waals surface area contributed by atoms with E-state index in [2.05, 4.69) is 32.4 Å². The largest absolute Gasteiger partial charge is 0.379 e. The van der Waals surface area contributed by atoms with Crippen LogP contribution in [0.4, 0.5) is 5.69 Å². The van der Waals surface area contributed by atoms with Crippen LogP contribution >= 0.6 is 0 Å². The Bertz CT molecular complexity index is 715. The highest BCUT2D eigenvalue weighted by Crippen LogP contribution is 2.18. The van der Waals surface area contributed by atoms with Crippen LogP contribution in [0.2, 0.25) is 0 Å². The van der Waals surface area contributed by atoms with E-state index in [9.17, 15) is 0 Å². The van der Waals surface area contributed by atoms with Gasteiger partial charge < -0.3 is 10.3 Å². The van der Waals surface area contributed by atoms with E-state index >= 15 is 0 Å². The summed E-state index contributed by atoms with van der Waals surface area (Å²) >= 11 is 0. The molecule has 3 aromatic rings. The number of fused-ring (bicyclic) bond motifs is 1. The Morgan fingerprint density at radius 1 is 1.21 bits per heavy atom. The smallest absolute Gasteiger partial charge is 0.137 e. The van der Waals surface area contributed by atoms with Gasteiger partial charge >= 0.3 is 0 Å². The fourth-order valence-corrected chi connectivity index (χ4v) is 2.22. The second-order valence-corrected chi connectivity index (χ2v) is 4.65. The van der Waals surface area contributed by atoms with Crippen LogP contribution in [0.3, 0.4) is 0 Å². The molecule has 19 heavy (non-hydrogen) atoms. The molecule has 0 saturated carbocycles. The van der Waals surface area contributed by atoms with Crippen LogP contribution in [-0.4, -0.2) is 15.0 Å². The molecule has 0 aromatic carbocycles. The van der Waals surface area contributed by atoms with Gasteiger partial charge in [-0.15, -0.1) is 0 Å². The molecule has 4 nitrogen and oxygen atoms in total. The first kappa shape index (κ1) is 11.7. The highest BCUT2D eigenvalue weighted by atomic mass is 14.9. The molecule has 0 aliphatic heterocycles. The number of nitrogens with one attached hydrogen (secondary N) is 2. The summed E-state index contributed by atoms with van der Waals surface area (Å²) in [6.45, 7) is 4.78. The lowest BCUT2D eigenvalue weighted by atomic mass is 10.2. The Balaban J connectivity index is 1.82. The second kappa shape index (κ2) is 4.72. The fourth-order valence-electron chi connectivity index (χ4n) is 2.22. The Hall–Kier alpha value is -2.36. The van der Waals surface area contributed by atoms with Crippen LogP contribution in [0.1, 0.15) is 17.0 Å². The number of rotatable bonds is 3. The molecule has 0 spiro atoms. The van der Waals surface area contributed by atoms with E-state index in [4.69, 9.17) is 0 Å². The third-order valence-corrected chi connectivity index (χ3v) is 3.23. The van der Waals surface area contributed by atoms with Crippen molar-refractivity contribution in [1.29, 1.82) is 0 Å². The number of aromatic nitrogens is 3. The summed E-state index contributed by atoms with van der Waals surface area (Å²) < 4.78 is 0. The number of aromatic amines is 1. The molecule has 4 heteroatoms. The van der Waals surface area contributed by atoms with Gasteiger partial charge in [-0.05, 0) is 43.7 Å². The first-order valence-corrected chi connectivity index (χ1v) is 6.33. The van der Waals surface area contributed by atoms with Crippen molar-refractivity contribution in [3.05, 3.63) is 53.6 Å². The van der Waals surface area contributed by atoms with Gasteiger partial charge in [-0.2, -0.15) is 0 Å². The molecule has 3 rings (SSSR count). The van der Waals surface area contributed by atoms with Crippen LogP contribution in [0.15, 0.2) is 36.7 Å². The lowest BCUT2D eigenvalue weighted by Crippen LogP contribution is -2.02. The van der Waals surface area contributed by atoms with Crippen molar-refractivity contribution in [2.75, 3.05) is 5.32 Å². The summed E-state index contributed by atoms with van der Waals surface area (Å²) in [4.78, 5) is 11.9. The molecule has 0 aliphatic carbocycles. The predicted molar refractivity (Wildman–Crippen MR) is 77.1 cm³/mol. The minimum absolute atomic E-state index is 0.761. The predicted octanol–water partition coefficient (Wildman–Crippen LogP) is 3.19. The SMILES string of the molecule is Cc1ccc(NCc2c[nH]c3ncccc23)c(C)n1. The summed E-state index contributed by atoms with van der Waals surface area (Å²) in [7, 11) is 0. The van der Waals surface area contributed by atoms with Crippen molar-refractivity contribution in [3.8, 4) is 0 Å². The van der Waals surface area contributed by atoms with Gasteiger partial charge in [-0.3, -0.25) is 4.98 Å². The summed E-state index contributed by atoms with van der Waals surface area (Å²) in [6.07, 6.45) is 3.80. The zero-order valence-electron chi connectivity index (χ0n) is 11.1. The molecule has 0 fully saturated rings. The molecule has 0 unspecified atom stereocenters. The minimum Gasteiger partial charge on any atom is -0.379 e. The highest BCUT2D eigenvalue weighted by molar-refractivity contribution is 5.79. The number of H-pyrrole nitrogens is 1. The molecule has 96 valence electrons. The maximum atomic E-state index is 4.45. The third kappa shape index (κ3) is 2.29. The van der Waals surface area contributed by atoms with Crippen LogP contribution in [0, 0.1) is 13.8 Å². The molecule has 3 aromatic heterocycles. The van der Waals surface area contributed by atoms with Gasteiger partial charge in [0.05, 0.1) is 11.4 Å². The molecule has 3 heterocycles. The average Bonchev–Trinajstić information content (AvgIpc) is 2.81. The Morgan fingerprint density at radius 2 is 2.11 bits per heavy atom. The van der Waals surface area contributed by atoms with E-state index in [0.29, 0.717) is 0 Å². The Morgan fingerprint density at radius 3 is 2.95 bits per heavy atom. The van der Waals surface area contributed by atoms with E-state index in [1.54, 1.807) is 6.20 Å². The van der Waals surface area contributed by atoms with Crippen LogP contribution in [0.5, 0.6) is 0 Å². The monoisotopic (exact) mass is 252 g/mol. The topological polar surface area (TPSA) is 53.6 Å². The minimum atomic E-state index is 0.761. The first-order chi connectivity index (χ1) is 9.24. The number of hydrogen-bond donors (Lipinski definition) is 2. The molecule has 2 N–H and O–H groups in total. The molecular weight excluding hydrogens is 236 g/mol. The van der Waals surface area contributed by atoms with Crippen molar-refractivity contribution in [1.82, 2.24) is 15.0 Å². The molecule has 0 radical (unpaired) electrons. The fraction of sp³-hybridized carbons (Fsp3) is 0.200. The second-order valence-electron chi connectivity index (χ2n) is 4.65. The number of aryl methyl sites for hydroxylation is 2. The van der Waals surface area contributed by atoms with E-state index in [0.717, 1.165) is 34.7 Å².